The molecule has 1 unspecified atom stereocenters. The zero-order valence-corrected chi connectivity index (χ0v) is 15.8. The summed E-state index contributed by atoms with van der Waals surface area (Å²) >= 11 is 0. The maximum atomic E-state index is 5.84. The lowest BCUT2D eigenvalue weighted by Gasteiger charge is -2.16. The summed E-state index contributed by atoms with van der Waals surface area (Å²) in [5.41, 5.74) is 20.4. The zero-order valence-electron chi connectivity index (χ0n) is 15.8. The van der Waals surface area contributed by atoms with E-state index in [1.807, 2.05) is 31.2 Å². The molecule has 0 saturated heterocycles. The molecular weight excluding hydrogens is 310 g/mol. The molecule has 2 aromatic rings. The van der Waals surface area contributed by atoms with Crippen molar-refractivity contribution in [2.45, 2.75) is 46.5 Å². The molecule has 4 heteroatoms. The van der Waals surface area contributed by atoms with Gasteiger partial charge in [-0.05, 0) is 43.5 Å². The van der Waals surface area contributed by atoms with Crippen LogP contribution < -0.4 is 21.9 Å². The van der Waals surface area contributed by atoms with Gasteiger partial charge in [-0.3, -0.25) is 0 Å². The fourth-order valence-corrected chi connectivity index (χ4v) is 2.35. The van der Waals surface area contributed by atoms with E-state index in [0.717, 1.165) is 18.7 Å². The second kappa shape index (κ2) is 11.2. The van der Waals surface area contributed by atoms with Crippen LogP contribution in [0.2, 0.25) is 0 Å². The third-order valence-electron chi connectivity index (χ3n) is 4.13. The van der Waals surface area contributed by atoms with Crippen LogP contribution in [0.15, 0.2) is 42.5 Å². The Balaban J connectivity index is 0.000000324. The van der Waals surface area contributed by atoms with Crippen LogP contribution in [0.3, 0.4) is 0 Å². The molecule has 4 nitrogen and oxygen atoms in total. The predicted octanol–water partition coefficient (Wildman–Crippen LogP) is 5.02. The van der Waals surface area contributed by atoms with Gasteiger partial charge in [0.1, 0.15) is 5.75 Å². The van der Waals surface area contributed by atoms with E-state index in [1.165, 1.54) is 24.8 Å². The molecule has 2 aromatic carbocycles. The molecule has 0 radical (unpaired) electrons. The number of hydrogen-bond acceptors (Lipinski definition) is 4. The molecule has 0 spiro atoms. The van der Waals surface area contributed by atoms with Gasteiger partial charge < -0.3 is 21.9 Å². The lowest BCUT2D eigenvalue weighted by atomic mass is 10.0. The average Bonchev–Trinajstić information content (AvgIpc) is 2.61. The predicted molar refractivity (Wildman–Crippen MR) is 110 cm³/mol. The van der Waals surface area contributed by atoms with Crippen molar-refractivity contribution < 1.29 is 4.74 Å². The van der Waals surface area contributed by atoms with Crippen molar-refractivity contribution in [1.82, 2.24) is 0 Å². The van der Waals surface area contributed by atoms with E-state index in [0.29, 0.717) is 23.0 Å². The Hall–Kier alpha value is -2.36. The van der Waals surface area contributed by atoms with Crippen LogP contribution in [-0.4, -0.2) is 6.61 Å². The standard InChI is InChI=1S/C14H24N2O.C7H9N/c1-3-5-6-11(4-2)10-17-14-9-12(15)7-8-13(14)16;1-6-2-4-7(8)5-3-6/h7-9,11H,3-6,10,15-16H2,1-2H3;2-5H,8H2,1H3. The molecule has 0 fully saturated rings. The Morgan fingerprint density at radius 2 is 1.56 bits per heavy atom. The monoisotopic (exact) mass is 343 g/mol. The zero-order chi connectivity index (χ0) is 18.7. The molecule has 0 aliphatic carbocycles. The Bertz CT molecular complexity index is 590. The number of unbranched alkanes of at least 4 members (excludes halogenated alkanes) is 1. The van der Waals surface area contributed by atoms with Crippen molar-refractivity contribution in [2.24, 2.45) is 5.92 Å². The maximum absolute atomic E-state index is 5.84. The van der Waals surface area contributed by atoms with Gasteiger partial charge in [0.15, 0.2) is 0 Å². The minimum atomic E-state index is 0.607. The SMILES string of the molecule is CCCCC(CC)COc1cc(N)ccc1N.Cc1ccc(N)cc1. The molecule has 0 aliphatic rings. The maximum Gasteiger partial charge on any atom is 0.144 e. The first-order valence-electron chi connectivity index (χ1n) is 9.06. The van der Waals surface area contributed by atoms with Crippen molar-refractivity contribution in [3.8, 4) is 5.75 Å². The summed E-state index contributed by atoms with van der Waals surface area (Å²) in [5, 5.41) is 0. The molecule has 0 aliphatic heterocycles. The topological polar surface area (TPSA) is 87.3 Å². The summed E-state index contributed by atoms with van der Waals surface area (Å²) in [6, 6.07) is 13.2. The van der Waals surface area contributed by atoms with Crippen molar-refractivity contribution in [3.05, 3.63) is 48.0 Å². The smallest absolute Gasteiger partial charge is 0.144 e. The van der Waals surface area contributed by atoms with Gasteiger partial charge >= 0.3 is 0 Å². The molecule has 1 atom stereocenters. The van der Waals surface area contributed by atoms with Gasteiger partial charge in [0.2, 0.25) is 0 Å². The largest absolute Gasteiger partial charge is 0.491 e. The van der Waals surface area contributed by atoms with Gasteiger partial charge in [0.05, 0.1) is 12.3 Å². The Labute approximate surface area is 152 Å². The van der Waals surface area contributed by atoms with Crippen LogP contribution >= 0.6 is 0 Å². The summed E-state index contributed by atoms with van der Waals surface area (Å²) < 4.78 is 5.76. The molecule has 6 N–H and O–H groups in total. The summed E-state index contributed by atoms with van der Waals surface area (Å²) in [4.78, 5) is 0. The number of aryl methyl sites for hydroxylation is 1. The Morgan fingerprint density at radius 3 is 2.12 bits per heavy atom. The van der Waals surface area contributed by atoms with E-state index < -0.39 is 0 Å². The molecule has 2 rings (SSSR count). The van der Waals surface area contributed by atoms with Crippen molar-refractivity contribution in [3.63, 3.8) is 0 Å². The highest BCUT2D eigenvalue weighted by Gasteiger charge is 2.08. The van der Waals surface area contributed by atoms with Gasteiger partial charge in [-0.1, -0.05) is 50.8 Å². The second-order valence-corrected chi connectivity index (χ2v) is 6.44. The van der Waals surface area contributed by atoms with Gasteiger partial charge in [-0.2, -0.15) is 0 Å². The molecule has 0 saturated carbocycles. The number of nitrogens with two attached hydrogens (primary N) is 3. The van der Waals surface area contributed by atoms with Crippen LogP contribution in [0.4, 0.5) is 17.1 Å². The van der Waals surface area contributed by atoms with Gasteiger partial charge in [-0.15, -0.1) is 0 Å². The molecule has 0 bridgehead atoms. The van der Waals surface area contributed by atoms with E-state index in [-0.39, 0.29) is 0 Å². The number of anilines is 3. The minimum Gasteiger partial charge on any atom is -0.491 e. The quantitative estimate of drug-likeness (QED) is 0.616. The Morgan fingerprint density at radius 1 is 0.920 bits per heavy atom. The first kappa shape index (κ1) is 20.7. The molecule has 0 amide bonds. The summed E-state index contributed by atoms with van der Waals surface area (Å²) in [6.45, 7) is 7.18. The van der Waals surface area contributed by atoms with Gasteiger partial charge in [0.25, 0.3) is 0 Å². The first-order chi connectivity index (χ1) is 12.0. The molecule has 25 heavy (non-hydrogen) atoms. The molecule has 138 valence electrons. The van der Waals surface area contributed by atoms with Crippen molar-refractivity contribution in [2.75, 3.05) is 23.8 Å². The number of ether oxygens (including phenoxy) is 1. The van der Waals surface area contributed by atoms with Crippen molar-refractivity contribution >= 4 is 17.1 Å². The summed E-state index contributed by atoms with van der Waals surface area (Å²) in [5.74, 6) is 1.32. The molecule has 0 heterocycles. The lowest BCUT2D eigenvalue weighted by molar-refractivity contribution is 0.234. The van der Waals surface area contributed by atoms with E-state index in [2.05, 4.69) is 13.8 Å². The van der Waals surface area contributed by atoms with Crippen LogP contribution in [0.25, 0.3) is 0 Å². The molecular formula is C21H33N3O. The van der Waals surface area contributed by atoms with Crippen LogP contribution in [0.5, 0.6) is 5.75 Å². The van der Waals surface area contributed by atoms with Crippen LogP contribution in [0, 0.1) is 12.8 Å². The van der Waals surface area contributed by atoms with Crippen molar-refractivity contribution in [1.29, 1.82) is 0 Å². The highest BCUT2D eigenvalue weighted by molar-refractivity contribution is 5.59. The Kier molecular flexibility index (Phi) is 9.30. The fourth-order valence-electron chi connectivity index (χ4n) is 2.35. The lowest BCUT2D eigenvalue weighted by Crippen LogP contribution is -2.12. The van der Waals surface area contributed by atoms with E-state index in [9.17, 15) is 0 Å². The summed E-state index contributed by atoms with van der Waals surface area (Å²) in [6.07, 6.45) is 4.85. The highest BCUT2D eigenvalue weighted by Crippen LogP contribution is 2.25. The first-order valence-corrected chi connectivity index (χ1v) is 9.06. The van der Waals surface area contributed by atoms with E-state index in [4.69, 9.17) is 21.9 Å². The third kappa shape index (κ3) is 8.34. The highest BCUT2D eigenvalue weighted by atomic mass is 16.5. The number of benzene rings is 2. The minimum absolute atomic E-state index is 0.607. The summed E-state index contributed by atoms with van der Waals surface area (Å²) in [7, 11) is 0. The number of rotatable bonds is 7. The average molecular weight is 344 g/mol. The normalized spacial score (nSPS) is 11.3. The van der Waals surface area contributed by atoms with Gasteiger partial charge in [-0.25, -0.2) is 0 Å². The number of nitrogen functional groups attached to an aromatic ring is 3. The van der Waals surface area contributed by atoms with Gasteiger partial charge in [0, 0.05) is 17.4 Å². The second-order valence-electron chi connectivity index (χ2n) is 6.44. The van der Waals surface area contributed by atoms with Crippen LogP contribution in [0.1, 0.15) is 45.1 Å². The fraction of sp³-hybridized carbons (Fsp3) is 0.429. The van der Waals surface area contributed by atoms with E-state index in [1.54, 1.807) is 18.2 Å². The van der Waals surface area contributed by atoms with Crippen LogP contribution in [-0.2, 0) is 0 Å². The molecule has 0 aromatic heterocycles. The third-order valence-corrected chi connectivity index (χ3v) is 4.13. The number of hydrogen-bond donors (Lipinski definition) is 3. The van der Waals surface area contributed by atoms with E-state index >= 15 is 0 Å².